The van der Waals surface area contributed by atoms with Crippen molar-refractivity contribution in [3.63, 3.8) is 0 Å². The average molecular weight is 353 g/mol. The molecule has 7 heteroatoms. The maximum Gasteiger partial charge on any atom is 0.322 e. The van der Waals surface area contributed by atoms with Gasteiger partial charge in [-0.2, -0.15) is 0 Å². The van der Waals surface area contributed by atoms with Gasteiger partial charge in [-0.1, -0.05) is 18.5 Å². The van der Waals surface area contributed by atoms with E-state index < -0.39 is 6.10 Å². The van der Waals surface area contributed by atoms with Crippen LogP contribution in [-0.2, 0) is 11.2 Å². The number of aliphatic hydroxyl groups is 1. The van der Waals surface area contributed by atoms with E-state index in [2.05, 4.69) is 5.32 Å². The second kappa shape index (κ2) is 6.63. The summed E-state index contributed by atoms with van der Waals surface area (Å²) in [6, 6.07) is 2.78. The summed E-state index contributed by atoms with van der Waals surface area (Å²) in [7, 11) is 1.63. The van der Waals surface area contributed by atoms with Crippen LogP contribution in [-0.4, -0.2) is 48.4 Å². The molecule has 0 spiro atoms. The zero-order valence-electron chi connectivity index (χ0n) is 13.9. The Morgan fingerprint density at radius 2 is 2.21 bits per heavy atom. The fourth-order valence-corrected chi connectivity index (χ4v) is 3.24. The molecule has 0 unspecified atom stereocenters. The number of urea groups is 1. The Labute approximate surface area is 145 Å². The number of nitrogens with one attached hydrogen (secondary N) is 1. The quantitative estimate of drug-likeness (QED) is 0.889. The summed E-state index contributed by atoms with van der Waals surface area (Å²) in [5.74, 6) is 0.871. The number of aliphatic hydroxyl groups excluding tert-OH is 1. The Kier molecular flexibility index (Phi) is 4.71. The van der Waals surface area contributed by atoms with Gasteiger partial charge >= 0.3 is 6.03 Å². The highest BCUT2D eigenvalue weighted by molar-refractivity contribution is 6.32. The molecule has 0 radical (unpaired) electrons. The van der Waals surface area contributed by atoms with Crippen LogP contribution in [0, 0.1) is 6.92 Å². The summed E-state index contributed by atoms with van der Waals surface area (Å²) < 4.78 is 11.1. The largest absolute Gasteiger partial charge is 0.459 e. The maximum absolute atomic E-state index is 12.5. The third-order valence-corrected chi connectivity index (χ3v) is 4.72. The average Bonchev–Trinajstić information content (AvgIpc) is 3.11. The minimum atomic E-state index is -0.683. The Morgan fingerprint density at radius 3 is 2.83 bits per heavy atom. The van der Waals surface area contributed by atoms with Crippen molar-refractivity contribution in [3.8, 4) is 0 Å². The molecule has 2 heterocycles. The molecule has 130 valence electrons. The summed E-state index contributed by atoms with van der Waals surface area (Å²) in [6.45, 7) is 4.54. The highest BCUT2D eigenvalue weighted by Gasteiger charge is 2.32. The van der Waals surface area contributed by atoms with Gasteiger partial charge in [0.15, 0.2) is 5.58 Å². The number of nitrogens with zero attached hydrogens (tertiary/aromatic N) is 1. The minimum absolute atomic E-state index is 0.237. The maximum atomic E-state index is 12.5. The fraction of sp³-hybridized carbons (Fsp3) is 0.471. The number of carbonyl (C=O) groups is 1. The summed E-state index contributed by atoms with van der Waals surface area (Å²) in [4.78, 5) is 14.0. The highest BCUT2D eigenvalue weighted by atomic mass is 35.5. The first kappa shape index (κ1) is 17.1. The smallest absolute Gasteiger partial charge is 0.322 e. The Hall–Kier alpha value is -1.76. The lowest BCUT2D eigenvalue weighted by molar-refractivity contribution is 0.106. The van der Waals surface area contributed by atoms with Crippen molar-refractivity contribution in [2.24, 2.45) is 0 Å². The Morgan fingerprint density at radius 1 is 1.46 bits per heavy atom. The SMILES string of the molecule is CCc1oc2c(NC(=O)N(C)[C@H]3COC[C@@H]3O)cc(Cl)cc2c1C. The molecule has 3 rings (SSSR count). The van der Waals surface area contributed by atoms with Gasteiger partial charge in [-0.05, 0) is 24.6 Å². The molecule has 0 aliphatic carbocycles. The molecule has 1 aromatic heterocycles. The van der Waals surface area contributed by atoms with E-state index in [0.29, 0.717) is 22.9 Å². The molecular weight excluding hydrogens is 332 g/mol. The predicted octanol–water partition coefficient (Wildman–Crippen LogP) is 3.18. The molecule has 1 aliphatic heterocycles. The van der Waals surface area contributed by atoms with Gasteiger partial charge in [-0.15, -0.1) is 0 Å². The van der Waals surface area contributed by atoms with Crippen LogP contribution >= 0.6 is 11.6 Å². The molecule has 2 amide bonds. The topological polar surface area (TPSA) is 74.9 Å². The lowest BCUT2D eigenvalue weighted by atomic mass is 10.1. The monoisotopic (exact) mass is 352 g/mol. The van der Waals surface area contributed by atoms with E-state index in [1.165, 1.54) is 4.90 Å². The molecule has 1 saturated heterocycles. The van der Waals surface area contributed by atoms with E-state index >= 15 is 0 Å². The first-order valence-electron chi connectivity index (χ1n) is 7.93. The number of aryl methyl sites for hydroxylation is 2. The van der Waals surface area contributed by atoms with Gasteiger partial charge in [0.25, 0.3) is 0 Å². The van der Waals surface area contributed by atoms with Crippen molar-refractivity contribution in [3.05, 3.63) is 28.5 Å². The third kappa shape index (κ3) is 2.97. The van der Waals surface area contributed by atoms with Gasteiger partial charge in [0.05, 0.1) is 31.0 Å². The summed E-state index contributed by atoms with van der Waals surface area (Å²) in [6.07, 6.45) is 0.0782. The van der Waals surface area contributed by atoms with Crippen molar-refractivity contribution in [2.45, 2.75) is 32.4 Å². The van der Waals surface area contributed by atoms with Gasteiger partial charge in [-0.3, -0.25) is 0 Å². The fourth-order valence-electron chi connectivity index (χ4n) is 3.02. The van der Waals surface area contributed by atoms with Crippen molar-refractivity contribution in [1.29, 1.82) is 0 Å². The molecule has 1 aliphatic rings. The van der Waals surface area contributed by atoms with Crippen LogP contribution in [0.15, 0.2) is 16.5 Å². The van der Waals surface area contributed by atoms with Gasteiger partial charge in [0.2, 0.25) is 0 Å². The summed E-state index contributed by atoms with van der Waals surface area (Å²) in [5.41, 5.74) is 2.16. The first-order chi connectivity index (χ1) is 11.4. The number of hydrogen-bond acceptors (Lipinski definition) is 4. The van der Waals surface area contributed by atoms with Crippen LogP contribution < -0.4 is 5.32 Å². The van der Waals surface area contributed by atoms with Crippen LogP contribution in [0.1, 0.15) is 18.2 Å². The highest BCUT2D eigenvalue weighted by Crippen LogP contribution is 2.34. The van der Waals surface area contributed by atoms with Crippen LogP contribution in [0.25, 0.3) is 11.0 Å². The van der Waals surface area contributed by atoms with Crippen LogP contribution in [0.5, 0.6) is 0 Å². The number of fused-ring (bicyclic) bond motifs is 1. The van der Waals surface area contributed by atoms with E-state index in [-0.39, 0.29) is 18.7 Å². The van der Waals surface area contributed by atoms with Gasteiger partial charge in [-0.25, -0.2) is 4.79 Å². The van der Waals surface area contributed by atoms with Crippen LogP contribution in [0.4, 0.5) is 10.5 Å². The van der Waals surface area contributed by atoms with E-state index in [0.717, 1.165) is 23.1 Å². The van der Waals surface area contributed by atoms with E-state index in [1.54, 1.807) is 13.1 Å². The van der Waals surface area contributed by atoms with Crippen molar-refractivity contribution in [1.82, 2.24) is 4.90 Å². The first-order valence-corrected chi connectivity index (χ1v) is 8.31. The molecule has 24 heavy (non-hydrogen) atoms. The number of rotatable bonds is 3. The van der Waals surface area contributed by atoms with E-state index in [9.17, 15) is 9.90 Å². The molecule has 2 N–H and O–H groups in total. The van der Waals surface area contributed by atoms with Gasteiger partial charge in [0, 0.05) is 23.9 Å². The Bertz CT molecular complexity index is 774. The number of ether oxygens (including phenoxy) is 1. The number of hydrogen-bond donors (Lipinski definition) is 2. The third-order valence-electron chi connectivity index (χ3n) is 4.50. The van der Waals surface area contributed by atoms with Gasteiger partial charge < -0.3 is 24.5 Å². The molecule has 6 nitrogen and oxygen atoms in total. The van der Waals surface area contributed by atoms with Crippen LogP contribution in [0.2, 0.25) is 5.02 Å². The molecule has 0 saturated carbocycles. The standard InChI is InChI=1S/C17H21ClN2O4/c1-4-15-9(2)11-5-10(18)6-12(16(11)24-15)19-17(22)20(3)13-7-23-8-14(13)21/h5-6,13-14,21H,4,7-8H2,1-3H3,(H,19,22)/t13-,14-/m0/s1. The van der Waals surface area contributed by atoms with E-state index in [1.807, 2.05) is 19.9 Å². The number of furan rings is 1. The number of likely N-dealkylation sites (N-methyl/N-ethyl adjacent to an activating group) is 1. The lowest BCUT2D eigenvalue weighted by Crippen LogP contribution is -2.45. The number of halogens is 1. The normalized spacial score (nSPS) is 20.5. The zero-order valence-corrected chi connectivity index (χ0v) is 14.7. The number of anilines is 1. The molecule has 1 fully saturated rings. The molecule has 2 aromatic rings. The second-order valence-electron chi connectivity index (χ2n) is 6.05. The summed E-state index contributed by atoms with van der Waals surface area (Å²) >= 11 is 6.19. The predicted molar refractivity (Wildman–Crippen MR) is 92.7 cm³/mol. The molecular formula is C17H21ClN2O4. The van der Waals surface area contributed by atoms with Crippen LogP contribution in [0.3, 0.4) is 0 Å². The number of amides is 2. The molecule has 0 bridgehead atoms. The number of benzene rings is 1. The van der Waals surface area contributed by atoms with Crippen molar-refractivity contribution >= 4 is 34.3 Å². The number of carbonyl (C=O) groups excluding carboxylic acids is 1. The zero-order chi connectivity index (χ0) is 17.4. The van der Waals surface area contributed by atoms with Gasteiger partial charge in [0.1, 0.15) is 5.76 Å². The Balaban J connectivity index is 1.90. The molecule has 2 atom stereocenters. The lowest BCUT2D eigenvalue weighted by Gasteiger charge is -2.25. The second-order valence-corrected chi connectivity index (χ2v) is 6.48. The van der Waals surface area contributed by atoms with E-state index in [4.69, 9.17) is 20.8 Å². The minimum Gasteiger partial charge on any atom is -0.459 e. The van der Waals surface area contributed by atoms with Crippen molar-refractivity contribution in [2.75, 3.05) is 25.6 Å². The summed E-state index contributed by atoms with van der Waals surface area (Å²) in [5, 5.41) is 14.1. The van der Waals surface area contributed by atoms with Crippen molar-refractivity contribution < 1.29 is 19.1 Å². The molecule has 1 aromatic carbocycles.